The SMILES string of the molecule is C[n+]1ccn(CCOC(=O)c2ccc(C=O)cc2)c1. The third-order valence-electron chi connectivity index (χ3n) is 2.69. The quantitative estimate of drug-likeness (QED) is 0.457. The first-order valence-corrected chi connectivity index (χ1v) is 5.92. The van der Waals surface area contributed by atoms with Crippen LogP contribution in [0.5, 0.6) is 0 Å². The molecule has 5 heteroatoms. The number of benzene rings is 1. The molecule has 0 unspecified atom stereocenters. The van der Waals surface area contributed by atoms with Crippen LogP contribution in [-0.4, -0.2) is 23.4 Å². The number of aromatic nitrogens is 2. The Hall–Kier alpha value is -2.43. The van der Waals surface area contributed by atoms with Gasteiger partial charge in [-0.2, -0.15) is 0 Å². The Morgan fingerprint density at radius 1 is 1.37 bits per heavy atom. The molecule has 5 nitrogen and oxygen atoms in total. The van der Waals surface area contributed by atoms with Crippen molar-refractivity contribution in [3.8, 4) is 0 Å². The minimum Gasteiger partial charge on any atom is -0.458 e. The number of hydrogen-bond acceptors (Lipinski definition) is 3. The van der Waals surface area contributed by atoms with E-state index in [0.29, 0.717) is 24.3 Å². The fourth-order valence-corrected chi connectivity index (χ4v) is 1.66. The summed E-state index contributed by atoms with van der Waals surface area (Å²) in [7, 11) is 1.93. The fourth-order valence-electron chi connectivity index (χ4n) is 1.66. The first-order valence-electron chi connectivity index (χ1n) is 5.92. The van der Waals surface area contributed by atoms with Crippen LogP contribution in [-0.2, 0) is 18.3 Å². The van der Waals surface area contributed by atoms with Crippen molar-refractivity contribution in [2.24, 2.45) is 7.05 Å². The molecule has 0 saturated heterocycles. The van der Waals surface area contributed by atoms with E-state index in [4.69, 9.17) is 4.74 Å². The van der Waals surface area contributed by atoms with Crippen LogP contribution in [0.4, 0.5) is 0 Å². The van der Waals surface area contributed by atoms with Crippen LogP contribution in [0.2, 0.25) is 0 Å². The van der Waals surface area contributed by atoms with Crippen LogP contribution in [0.25, 0.3) is 0 Å². The number of rotatable bonds is 5. The second kappa shape index (κ2) is 5.95. The van der Waals surface area contributed by atoms with E-state index in [-0.39, 0.29) is 5.97 Å². The molecule has 0 aliphatic heterocycles. The van der Waals surface area contributed by atoms with Crippen molar-refractivity contribution in [3.63, 3.8) is 0 Å². The van der Waals surface area contributed by atoms with Gasteiger partial charge in [-0.25, -0.2) is 13.9 Å². The number of nitrogens with zero attached hydrogens (tertiary/aromatic N) is 2. The summed E-state index contributed by atoms with van der Waals surface area (Å²) in [5, 5.41) is 0. The standard InChI is InChI=1S/C14H15N2O3/c1-15-6-7-16(11-15)8-9-19-14(18)13-4-2-12(10-17)3-5-13/h2-7,10-11H,8-9H2,1H3/q+1. The smallest absolute Gasteiger partial charge is 0.338 e. The summed E-state index contributed by atoms with van der Waals surface area (Å²) in [6, 6.07) is 6.36. The molecule has 0 amide bonds. The van der Waals surface area contributed by atoms with Crippen LogP contribution >= 0.6 is 0 Å². The van der Waals surface area contributed by atoms with Gasteiger partial charge in [0.2, 0.25) is 6.33 Å². The average Bonchev–Trinajstić information content (AvgIpc) is 2.84. The van der Waals surface area contributed by atoms with E-state index in [9.17, 15) is 9.59 Å². The molecule has 1 aromatic heterocycles. The first kappa shape index (κ1) is 13.0. The van der Waals surface area contributed by atoms with Gasteiger partial charge in [0, 0.05) is 5.56 Å². The van der Waals surface area contributed by atoms with Crippen molar-refractivity contribution in [3.05, 3.63) is 54.1 Å². The number of carbonyl (C=O) groups is 2. The molecule has 98 valence electrons. The second-order valence-electron chi connectivity index (χ2n) is 4.19. The summed E-state index contributed by atoms with van der Waals surface area (Å²) in [6.45, 7) is 0.919. The summed E-state index contributed by atoms with van der Waals surface area (Å²) in [6.07, 6.45) is 6.47. The molecule has 0 radical (unpaired) electrons. The minimum absolute atomic E-state index is 0.308. The van der Waals surface area contributed by atoms with Crippen LogP contribution in [0.3, 0.4) is 0 Å². The lowest BCUT2D eigenvalue weighted by Gasteiger charge is -2.03. The number of ether oxygens (including phenoxy) is 1. The van der Waals surface area contributed by atoms with Gasteiger partial charge in [-0.1, -0.05) is 12.1 Å². The zero-order valence-electron chi connectivity index (χ0n) is 10.7. The molecule has 0 atom stereocenters. The molecular weight excluding hydrogens is 244 g/mol. The third-order valence-corrected chi connectivity index (χ3v) is 2.69. The normalized spacial score (nSPS) is 10.2. The fraction of sp³-hybridized carbons (Fsp3) is 0.214. The van der Waals surface area contributed by atoms with Crippen LogP contribution in [0, 0.1) is 0 Å². The Kier molecular flexibility index (Phi) is 4.07. The molecule has 0 aliphatic carbocycles. The summed E-state index contributed by atoms with van der Waals surface area (Å²) < 4.78 is 9.01. The number of esters is 1. The Balaban J connectivity index is 1.85. The van der Waals surface area contributed by atoms with Gasteiger partial charge in [0.15, 0.2) is 0 Å². The predicted molar refractivity (Wildman–Crippen MR) is 67.7 cm³/mol. The van der Waals surface area contributed by atoms with Gasteiger partial charge in [-0.15, -0.1) is 0 Å². The lowest BCUT2D eigenvalue weighted by molar-refractivity contribution is -0.671. The summed E-state index contributed by atoms with van der Waals surface area (Å²) in [5.41, 5.74) is 0.986. The lowest BCUT2D eigenvalue weighted by Crippen LogP contribution is -2.24. The highest BCUT2D eigenvalue weighted by Gasteiger charge is 2.08. The van der Waals surface area contributed by atoms with E-state index in [1.54, 1.807) is 24.3 Å². The number of imidazole rings is 1. The number of carbonyl (C=O) groups excluding carboxylic acids is 2. The topological polar surface area (TPSA) is 52.2 Å². The molecule has 19 heavy (non-hydrogen) atoms. The average molecular weight is 259 g/mol. The Morgan fingerprint density at radius 3 is 2.68 bits per heavy atom. The van der Waals surface area contributed by atoms with Crippen LogP contribution in [0.1, 0.15) is 20.7 Å². The number of aldehydes is 1. The van der Waals surface area contributed by atoms with Gasteiger partial charge in [0.1, 0.15) is 31.8 Å². The maximum atomic E-state index is 11.7. The molecule has 0 N–H and O–H groups in total. The van der Waals surface area contributed by atoms with Gasteiger partial charge in [0.25, 0.3) is 0 Å². The summed E-state index contributed by atoms with van der Waals surface area (Å²) >= 11 is 0. The monoisotopic (exact) mass is 259 g/mol. The Bertz CT molecular complexity index is 573. The summed E-state index contributed by atoms with van der Waals surface area (Å²) in [4.78, 5) is 22.2. The molecule has 0 saturated carbocycles. The zero-order valence-corrected chi connectivity index (χ0v) is 10.7. The Labute approximate surface area is 111 Å². The maximum absolute atomic E-state index is 11.7. The zero-order chi connectivity index (χ0) is 13.7. The predicted octanol–water partition coefficient (Wildman–Crippen LogP) is 0.982. The highest BCUT2D eigenvalue weighted by Crippen LogP contribution is 2.04. The van der Waals surface area contributed by atoms with Gasteiger partial charge < -0.3 is 4.74 Å². The first-order chi connectivity index (χ1) is 9.19. The minimum atomic E-state index is -0.381. The third kappa shape index (κ3) is 3.51. The van der Waals surface area contributed by atoms with Crippen LogP contribution in [0.15, 0.2) is 43.0 Å². The molecule has 2 aromatic rings. The van der Waals surface area contributed by atoms with Crippen molar-refractivity contribution in [1.82, 2.24) is 4.57 Å². The molecule has 0 spiro atoms. The van der Waals surface area contributed by atoms with Crippen LogP contribution < -0.4 is 4.57 Å². The van der Waals surface area contributed by atoms with Gasteiger partial charge >= 0.3 is 5.97 Å². The molecule has 0 aliphatic rings. The van der Waals surface area contributed by atoms with Crippen molar-refractivity contribution >= 4 is 12.3 Å². The van der Waals surface area contributed by atoms with E-state index >= 15 is 0 Å². The van der Waals surface area contributed by atoms with Gasteiger partial charge in [0.05, 0.1) is 12.6 Å². The largest absolute Gasteiger partial charge is 0.458 e. The van der Waals surface area contributed by atoms with Crippen molar-refractivity contribution < 1.29 is 18.9 Å². The van der Waals surface area contributed by atoms with Crippen molar-refractivity contribution in [2.45, 2.75) is 6.54 Å². The lowest BCUT2D eigenvalue weighted by atomic mass is 10.1. The maximum Gasteiger partial charge on any atom is 0.338 e. The number of hydrogen-bond donors (Lipinski definition) is 0. The van der Waals surface area contributed by atoms with E-state index in [2.05, 4.69) is 0 Å². The van der Waals surface area contributed by atoms with E-state index < -0.39 is 0 Å². The van der Waals surface area contributed by atoms with E-state index in [0.717, 1.165) is 6.29 Å². The Morgan fingerprint density at radius 2 is 2.11 bits per heavy atom. The molecule has 0 fully saturated rings. The molecule has 0 bridgehead atoms. The van der Waals surface area contributed by atoms with Crippen molar-refractivity contribution in [1.29, 1.82) is 0 Å². The highest BCUT2D eigenvalue weighted by atomic mass is 16.5. The van der Waals surface area contributed by atoms with Gasteiger partial charge in [-0.05, 0) is 12.1 Å². The highest BCUT2D eigenvalue weighted by molar-refractivity contribution is 5.90. The van der Waals surface area contributed by atoms with E-state index in [1.165, 1.54) is 0 Å². The van der Waals surface area contributed by atoms with Crippen molar-refractivity contribution in [2.75, 3.05) is 6.61 Å². The summed E-state index contributed by atoms with van der Waals surface area (Å²) in [5.74, 6) is -0.381. The molecule has 1 heterocycles. The van der Waals surface area contributed by atoms with E-state index in [1.807, 2.05) is 34.9 Å². The second-order valence-corrected chi connectivity index (χ2v) is 4.19. The molecule has 1 aromatic carbocycles. The molecular formula is C14H15N2O3+. The van der Waals surface area contributed by atoms with Gasteiger partial charge in [-0.3, -0.25) is 4.79 Å². The molecule has 2 rings (SSSR count). The number of aryl methyl sites for hydroxylation is 1.